The number of carbonyl (C=O) groups excluding carboxylic acids is 1. The quantitative estimate of drug-likeness (QED) is 0.281. The third-order valence-electron chi connectivity index (χ3n) is 6.61. The van der Waals surface area contributed by atoms with Crippen molar-refractivity contribution >= 4 is 17.4 Å². The number of benzene rings is 3. The molecule has 0 radical (unpaired) electrons. The van der Waals surface area contributed by atoms with Crippen LogP contribution in [0.4, 0.5) is 11.6 Å². The van der Waals surface area contributed by atoms with E-state index < -0.39 is 11.0 Å². The number of nitro groups is 1. The summed E-state index contributed by atoms with van der Waals surface area (Å²) in [5.41, 5.74) is 3.93. The van der Waals surface area contributed by atoms with Crippen LogP contribution >= 0.6 is 0 Å². The number of non-ortho nitro benzene ring substituents is 1. The standard InChI is InChI=1S/C28H23N5O4/c34-24-14-6-13-23-25(24)26(19-9-5-12-22(16-19)37-17-18-7-2-1-3-8-18)32-28(29-23)30-27(31-32)20-10-4-11-21(15-20)33(35)36/h1-5,7-12,15-16,26H,6,13-14,17H2,(H,29,30,31). The fraction of sp³-hybridized carbons (Fsp3) is 0.179. The molecule has 4 aromatic rings. The molecule has 1 aliphatic carbocycles. The predicted molar refractivity (Wildman–Crippen MR) is 137 cm³/mol. The minimum atomic E-state index is -0.487. The van der Waals surface area contributed by atoms with Gasteiger partial charge in [-0.3, -0.25) is 14.9 Å². The van der Waals surface area contributed by atoms with E-state index in [1.54, 1.807) is 16.8 Å². The van der Waals surface area contributed by atoms with Gasteiger partial charge in [-0.05, 0) is 36.1 Å². The highest BCUT2D eigenvalue weighted by Crippen LogP contribution is 2.41. The average molecular weight is 494 g/mol. The van der Waals surface area contributed by atoms with Crippen LogP contribution in [0.15, 0.2) is 90.1 Å². The van der Waals surface area contributed by atoms with Crippen molar-refractivity contribution in [1.82, 2.24) is 14.8 Å². The number of rotatable bonds is 6. The molecule has 0 fully saturated rings. The second-order valence-corrected chi connectivity index (χ2v) is 9.05. The number of nitrogens with zero attached hydrogens (tertiary/aromatic N) is 4. The molecule has 37 heavy (non-hydrogen) atoms. The molecule has 2 aliphatic rings. The van der Waals surface area contributed by atoms with Crippen LogP contribution in [0, 0.1) is 10.1 Å². The molecule has 1 N–H and O–H groups in total. The minimum absolute atomic E-state index is 0.0364. The Balaban J connectivity index is 1.40. The van der Waals surface area contributed by atoms with Crippen LogP contribution in [0.1, 0.15) is 36.4 Å². The Morgan fingerprint density at radius 3 is 2.70 bits per heavy atom. The van der Waals surface area contributed by atoms with Crippen molar-refractivity contribution in [3.63, 3.8) is 0 Å². The van der Waals surface area contributed by atoms with Crippen molar-refractivity contribution in [3.8, 4) is 17.1 Å². The smallest absolute Gasteiger partial charge is 0.270 e. The first-order chi connectivity index (χ1) is 18.1. The molecule has 1 aliphatic heterocycles. The fourth-order valence-electron chi connectivity index (χ4n) is 4.86. The van der Waals surface area contributed by atoms with Crippen LogP contribution < -0.4 is 10.1 Å². The second-order valence-electron chi connectivity index (χ2n) is 9.05. The Morgan fingerprint density at radius 2 is 1.86 bits per heavy atom. The third kappa shape index (κ3) is 4.35. The van der Waals surface area contributed by atoms with Gasteiger partial charge in [-0.1, -0.05) is 54.6 Å². The highest BCUT2D eigenvalue weighted by atomic mass is 16.6. The number of aromatic nitrogens is 3. The van der Waals surface area contributed by atoms with Gasteiger partial charge < -0.3 is 10.1 Å². The van der Waals surface area contributed by atoms with Crippen LogP contribution in [-0.2, 0) is 11.4 Å². The summed E-state index contributed by atoms with van der Waals surface area (Å²) in [6.45, 7) is 0.425. The van der Waals surface area contributed by atoms with E-state index in [1.807, 2.05) is 54.6 Å². The highest BCUT2D eigenvalue weighted by Gasteiger charge is 2.37. The molecule has 0 saturated carbocycles. The van der Waals surface area contributed by atoms with E-state index in [4.69, 9.17) is 9.84 Å². The first-order valence-corrected chi connectivity index (χ1v) is 12.1. The van der Waals surface area contributed by atoms with Gasteiger partial charge in [0.05, 0.1) is 4.92 Å². The number of ether oxygens (including phenoxy) is 1. The maximum atomic E-state index is 13.1. The van der Waals surface area contributed by atoms with Gasteiger partial charge in [-0.15, -0.1) is 5.10 Å². The molecule has 9 heteroatoms. The van der Waals surface area contributed by atoms with Crippen molar-refractivity contribution in [2.24, 2.45) is 0 Å². The van der Waals surface area contributed by atoms with E-state index in [0.29, 0.717) is 41.7 Å². The summed E-state index contributed by atoms with van der Waals surface area (Å²) in [5.74, 6) is 1.61. The molecule has 0 spiro atoms. The van der Waals surface area contributed by atoms with Crippen molar-refractivity contribution < 1.29 is 14.5 Å². The summed E-state index contributed by atoms with van der Waals surface area (Å²) in [4.78, 5) is 28.6. The number of allylic oxidation sites excluding steroid dienone is 2. The lowest BCUT2D eigenvalue weighted by atomic mass is 9.85. The van der Waals surface area contributed by atoms with Gasteiger partial charge >= 0.3 is 0 Å². The van der Waals surface area contributed by atoms with Crippen molar-refractivity contribution in [1.29, 1.82) is 0 Å². The van der Waals surface area contributed by atoms with Crippen LogP contribution in [-0.4, -0.2) is 25.5 Å². The number of hydrogen-bond donors (Lipinski definition) is 1. The molecule has 9 nitrogen and oxygen atoms in total. The average Bonchev–Trinajstić information content (AvgIpc) is 3.35. The third-order valence-corrected chi connectivity index (χ3v) is 6.61. The summed E-state index contributed by atoms with van der Waals surface area (Å²) < 4.78 is 7.76. The van der Waals surface area contributed by atoms with E-state index in [-0.39, 0.29) is 11.5 Å². The molecule has 3 aromatic carbocycles. The Bertz CT molecular complexity index is 1540. The normalized spacial score (nSPS) is 16.5. The molecule has 1 unspecified atom stereocenters. The van der Waals surface area contributed by atoms with Crippen LogP contribution in [0.3, 0.4) is 0 Å². The maximum Gasteiger partial charge on any atom is 0.270 e. The molecule has 0 amide bonds. The summed E-state index contributed by atoms with van der Waals surface area (Å²) in [5, 5.41) is 19.3. The second kappa shape index (κ2) is 9.34. The summed E-state index contributed by atoms with van der Waals surface area (Å²) in [7, 11) is 0. The number of ketones is 1. The van der Waals surface area contributed by atoms with Gasteiger partial charge in [0.25, 0.3) is 5.69 Å². The van der Waals surface area contributed by atoms with Crippen LogP contribution in [0.5, 0.6) is 5.75 Å². The van der Waals surface area contributed by atoms with E-state index in [9.17, 15) is 14.9 Å². The zero-order valence-corrected chi connectivity index (χ0v) is 19.8. The molecule has 0 saturated heterocycles. The minimum Gasteiger partial charge on any atom is -0.489 e. The van der Waals surface area contributed by atoms with Gasteiger partial charge in [0.15, 0.2) is 11.6 Å². The Hall–Kier alpha value is -4.79. The SMILES string of the molecule is O=C1CCCC2=C1C(c1cccc(OCc3ccccc3)c1)n1nc(-c3cccc([N+](=O)[O-])c3)nc1N2. The summed E-state index contributed by atoms with van der Waals surface area (Å²) in [6, 6.07) is 23.3. The largest absolute Gasteiger partial charge is 0.489 e. The lowest BCUT2D eigenvalue weighted by molar-refractivity contribution is -0.384. The van der Waals surface area contributed by atoms with Crippen molar-refractivity contribution in [2.45, 2.75) is 31.9 Å². The highest BCUT2D eigenvalue weighted by molar-refractivity contribution is 5.99. The van der Waals surface area contributed by atoms with E-state index >= 15 is 0 Å². The predicted octanol–water partition coefficient (Wildman–Crippen LogP) is 5.45. The van der Waals surface area contributed by atoms with Gasteiger partial charge in [0.1, 0.15) is 18.4 Å². The molecule has 1 aromatic heterocycles. The van der Waals surface area contributed by atoms with Crippen LogP contribution in [0.2, 0.25) is 0 Å². The van der Waals surface area contributed by atoms with Crippen molar-refractivity contribution in [3.05, 3.63) is 111 Å². The van der Waals surface area contributed by atoms with E-state index in [1.165, 1.54) is 12.1 Å². The lowest BCUT2D eigenvalue weighted by Gasteiger charge is -2.32. The number of anilines is 1. The van der Waals surface area contributed by atoms with Gasteiger partial charge in [0.2, 0.25) is 5.95 Å². The monoisotopic (exact) mass is 493 g/mol. The zero-order chi connectivity index (χ0) is 25.4. The number of Topliss-reactive ketones (excluding diaryl/α,β-unsaturated/α-hetero) is 1. The van der Waals surface area contributed by atoms with Gasteiger partial charge in [0, 0.05) is 35.4 Å². The molecule has 0 bridgehead atoms. The Morgan fingerprint density at radius 1 is 1.03 bits per heavy atom. The zero-order valence-electron chi connectivity index (χ0n) is 19.8. The molecular formula is C28H23N5O4. The first-order valence-electron chi connectivity index (χ1n) is 12.1. The maximum absolute atomic E-state index is 13.1. The Kier molecular flexibility index (Phi) is 5.72. The lowest BCUT2D eigenvalue weighted by Crippen LogP contribution is -2.31. The van der Waals surface area contributed by atoms with Gasteiger partial charge in [-0.25, -0.2) is 4.68 Å². The Labute approximate surface area is 212 Å². The molecular weight excluding hydrogens is 470 g/mol. The van der Waals surface area contributed by atoms with Gasteiger partial charge in [-0.2, -0.15) is 4.98 Å². The van der Waals surface area contributed by atoms with Crippen molar-refractivity contribution in [2.75, 3.05) is 5.32 Å². The van der Waals surface area contributed by atoms with Crippen LogP contribution in [0.25, 0.3) is 11.4 Å². The number of carbonyl (C=O) groups is 1. The first kappa shape index (κ1) is 22.7. The number of nitro benzene ring substituents is 1. The molecule has 1 atom stereocenters. The number of hydrogen-bond acceptors (Lipinski definition) is 7. The van der Waals surface area contributed by atoms with E-state index in [2.05, 4.69) is 10.3 Å². The molecule has 6 rings (SSSR count). The summed E-state index contributed by atoms with van der Waals surface area (Å²) in [6.07, 6.45) is 1.98. The molecule has 2 heterocycles. The summed E-state index contributed by atoms with van der Waals surface area (Å²) >= 11 is 0. The molecule has 184 valence electrons. The number of nitrogens with one attached hydrogen (secondary N) is 1. The van der Waals surface area contributed by atoms with E-state index in [0.717, 1.165) is 29.7 Å². The number of fused-ring (bicyclic) bond motifs is 1. The topological polar surface area (TPSA) is 112 Å². The fourth-order valence-corrected chi connectivity index (χ4v) is 4.86.